The molecule has 0 aromatic rings. The van der Waals surface area contributed by atoms with E-state index in [1.807, 2.05) is 0 Å². The Kier molecular flexibility index (Phi) is 5.53. The normalized spacial score (nSPS) is 44.0. The first-order valence-electron chi connectivity index (χ1n) is 10.3. The molecule has 0 radical (unpaired) electrons. The van der Waals surface area contributed by atoms with Crippen molar-refractivity contribution in [2.45, 2.75) is 97.1 Å². The molecule has 0 aromatic carbocycles. The summed E-state index contributed by atoms with van der Waals surface area (Å²) in [5, 5.41) is 0. The third-order valence-electron chi connectivity index (χ3n) is 7.87. The van der Waals surface area contributed by atoms with Crippen molar-refractivity contribution in [3.8, 4) is 0 Å². The molecule has 0 heterocycles. The van der Waals surface area contributed by atoms with Gasteiger partial charge < -0.3 is 0 Å². The average Bonchev–Trinajstić information content (AvgIpc) is 2.55. The Morgan fingerprint density at radius 3 is 2.23 bits per heavy atom. The highest BCUT2D eigenvalue weighted by molar-refractivity contribution is 4.98. The summed E-state index contributed by atoms with van der Waals surface area (Å²) >= 11 is 0. The van der Waals surface area contributed by atoms with Crippen LogP contribution >= 0.6 is 0 Å². The summed E-state index contributed by atoms with van der Waals surface area (Å²) in [7, 11) is 2.49. The smallest absolute Gasteiger partial charge is 0.0154 e. The van der Waals surface area contributed by atoms with Gasteiger partial charge in [0.15, 0.2) is 0 Å². The second-order valence-electron chi connectivity index (χ2n) is 9.04. The minimum absolute atomic E-state index is 0.890. The van der Waals surface area contributed by atoms with Crippen LogP contribution in [0, 0.1) is 29.6 Å². The van der Waals surface area contributed by atoms with Crippen molar-refractivity contribution in [1.82, 2.24) is 4.90 Å². The van der Waals surface area contributed by atoms with Crippen LogP contribution in [-0.4, -0.2) is 24.0 Å². The van der Waals surface area contributed by atoms with Crippen LogP contribution in [0.3, 0.4) is 0 Å². The highest BCUT2D eigenvalue weighted by Crippen LogP contribution is 2.49. The zero-order valence-electron chi connectivity index (χ0n) is 15.6. The molecule has 0 bridgehead atoms. The van der Waals surface area contributed by atoms with Crippen LogP contribution in [0.4, 0.5) is 0 Å². The number of hydrogen-bond acceptors (Lipinski definition) is 1. The van der Waals surface area contributed by atoms with Crippen molar-refractivity contribution in [3.05, 3.63) is 0 Å². The topological polar surface area (TPSA) is 3.24 Å². The van der Waals surface area contributed by atoms with E-state index in [1.165, 1.54) is 64.2 Å². The molecule has 0 amide bonds. The molecule has 6 atom stereocenters. The summed E-state index contributed by atoms with van der Waals surface area (Å²) in [5.41, 5.74) is 0. The van der Waals surface area contributed by atoms with Crippen molar-refractivity contribution in [2.24, 2.45) is 29.6 Å². The fourth-order valence-electron chi connectivity index (χ4n) is 6.25. The Hall–Kier alpha value is -0.0400. The fraction of sp³-hybridized carbons (Fsp3) is 1.00. The van der Waals surface area contributed by atoms with Gasteiger partial charge in [-0.15, -0.1) is 0 Å². The van der Waals surface area contributed by atoms with Crippen molar-refractivity contribution >= 4 is 0 Å². The van der Waals surface area contributed by atoms with Gasteiger partial charge in [-0.2, -0.15) is 0 Å². The van der Waals surface area contributed by atoms with E-state index in [-0.39, 0.29) is 0 Å². The maximum atomic E-state index is 2.90. The summed E-state index contributed by atoms with van der Waals surface area (Å²) in [6.07, 6.45) is 14.8. The van der Waals surface area contributed by atoms with Gasteiger partial charge in [0, 0.05) is 12.1 Å². The molecule has 1 heteroatoms. The summed E-state index contributed by atoms with van der Waals surface area (Å²) in [5.74, 6) is 4.90. The largest absolute Gasteiger partial charge is 0.300 e. The van der Waals surface area contributed by atoms with E-state index in [4.69, 9.17) is 0 Å². The predicted octanol–water partition coefficient (Wildman–Crippen LogP) is 5.74. The summed E-state index contributed by atoms with van der Waals surface area (Å²) < 4.78 is 0. The van der Waals surface area contributed by atoms with Crippen LogP contribution < -0.4 is 0 Å². The van der Waals surface area contributed by atoms with Gasteiger partial charge in [0.05, 0.1) is 0 Å². The number of rotatable bonds is 3. The molecule has 0 aromatic heterocycles. The van der Waals surface area contributed by atoms with E-state index in [0.29, 0.717) is 0 Å². The Bertz CT molecular complexity index is 346. The van der Waals surface area contributed by atoms with E-state index >= 15 is 0 Å². The molecule has 3 fully saturated rings. The molecular formula is C21H39N. The molecule has 3 aliphatic carbocycles. The lowest BCUT2D eigenvalue weighted by molar-refractivity contribution is -0.0366. The quantitative estimate of drug-likeness (QED) is 0.643. The monoisotopic (exact) mass is 305 g/mol. The third-order valence-corrected chi connectivity index (χ3v) is 7.87. The molecule has 3 aliphatic rings. The van der Waals surface area contributed by atoms with E-state index in [2.05, 4.69) is 32.7 Å². The van der Waals surface area contributed by atoms with Crippen LogP contribution in [0.2, 0.25) is 0 Å². The molecule has 128 valence electrons. The van der Waals surface area contributed by atoms with Crippen LogP contribution in [-0.2, 0) is 0 Å². The van der Waals surface area contributed by atoms with Crippen LogP contribution in [0.15, 0.2) is 0 Å². The summed E-state index contributed by atoms with van der Waals surface area (Å²) in [4.78, 5) is 2.90. The third kappa shape index (κ3) is 3.25. The van der Waals surface area contributed by atoms with Crippen LogP contribution in [0.1, 0.15) is 85.0 Å². The summed E-state index contributed by atoms with van der Waals surface area (Å²) in [6, 6.07) is 1.78. The van der Waals surface area contributed by atoms with Crippen LogP contribution in [0.25, 0.3) is 0 Å². The first kappa shape index (κ1) is 16.8. The Morgan fingerprint density at radius 2 is 1.55 bits per heavy atom. The maximum Gasteiger partial charge on any atom is 0.0154 e. The molecule has 0 saturated heterocycles. The lowest BCUT2D eigenvalue weighted by Crippen LogP contribution is -2.54. The SMILES string of the molecule is CCC1CCC2CC(C)C(C)CC2C1N(C)C1CCCCC1. The number of nitrogens with zero attached hydrogens (tertiary/aromatic N) is 1. The van der Waals surface area contributed by atoms with E-state index in [9.17, 15) is 0 Å². The number of hydrogen-bond donors (Lipinski definition) is 0. The summed E-state index contributed by atoms with van der Waals surface area (Å²) in [6.45, 7) is 7.47. The lowest BCUT2D eigenvalue weighted by Gasteiger charge is -2.53. The highest BCUT2D eigenvalue weighted by atomic mass is 15.2. The van der Waals surface area contributed by atoms with E-state index in [1.54, 1.807) is 0 Å². The Labute approximate surface area is 139 Å². The zero-order valence-corrected chi connectivity index (χ0v) is 15.6. The van der Waals surface area contributed by atoms with Crippen molar-refractivity contribution < 1.29 is 0 Å². The fourth-order valence-corrected chi connectivity index (χ4v) is 6.25. The highest BCUT2D eigenvalue weighted by Gasteiger charge is 2.45. The molecule has 1 nitrogen and oxygen atoms in total. The number of fused-ring (bicyclic) bond motifs is 1. The Morgan fingerprint density at radius 1 is 0.864 bits per heavy atom. The van der Waals surface area contributed by atoms with Crippen molar-refractivity contribution in [2.75, 3.05) is 7.05 Å². The van der Waals surface area contributed by atoms with Gasteiger partial charge in [-0.1, -0.05) is 46.5 Å². The lowest BCUT2D eigenvalue weighted by atomic mass is 9.59. The van der Waals surface area contributed by atoms with Crippen molar-refractivity contribution in [1.29, 1.82) is 0 Å². The molecular weight excluding hydrogens is 266 g/mol. The molecule has 3 rings (SSSR count). The Balaban J connectivity index is 1.77. The van der Waals surface area contributed by atoms with Gasteiger partial charge in [-0.05, 0) is 75.2 Å². The predicted molar refractivity (Wildman–Crippen MR) is 96.0 cm³/mol. The van der Waals surface area contributed by atoms with Crippen molar-refractivity contribution in [3.63, 3.8) is 0 Å². The average molecular weight is 306 g/mol. The second-order valence-corrected chi connectivity index (χ2v) is 9.04. The van der Waals surface area contributed by atoms with Crippen LogP contribution in [0.5, 0.6) is 0 Å². The van der Waals surface area contributed by atoms with Gasteiger partial charge in [0.1, 0.15) is 0 Å². The van der Waals surface area contributed by atoms with Gasteiger partial charge >= 0.3 is 0 Å². The second kappa shape index (κ2) is 7.24. The molecule has 0 spiro atoms. The first-order chi connectivity index (χ1) is 10.6. The molecule has 22 heavy (non-hydrogen) atoms. The standard InChI is InChI=1S/C21H39N/c1-5-17-11-12-18-13-15(2)16(3)14-20(18)21(17)22(4)19-9-7-6-8-10-19/h15-21H,5-14H2,1-4H3. The molecule has 0 aliphatic heterocycles. The first-order valence-corrected chi connectivity index (χ1v) is 10.3. The van der Waals surface area contributed by atoms with Gasteiger partial charge in [0.25, 0.3) is 0 Å². The van der Waals surface area contributed by atoms with E-state index in [0.717, 1.165) is 41.7 Å². The minimum atomic E-state index is 0.890. The van der Waals surface area contributed by atoms with Gasteiger partial charge in [-0.3, -0.25) is 4.90 Å². The molecule has 3 saturated carbocycles. The maximum absolute atomic E-state index is 2.90. The van der Waals surface area contributed by atoms with E-state index < -0.39 is 0 Å². The van der Waals surface area contributed by atoms with Gasteiger partial charge in [0.2, 0.25) is 0 Å². The molecule has 0 N–H and O–H groups in total. The molecule has 6 unspecified atom stereocenters. The van der Waals surface area contributed by atoms with Gasteiger partial charge in [-0.25, -0.2) is 0 Å². The minimum Gasteiger partial charge on any atom is -0.300 e. The zero-order chi connectivity index (χ0) is 15.7.